The third kappa shape index (κ3) is 3.44. The first-order valence-electron chi connectivity index (χ1n) is 7.79. The number of hydrogen-bond acceptors (Lipinski definition) is 7. The molecule has 0 saturated carbocycles. The molecule has 1 N–H and O–H groups in total. The van der Waals surface area contributed by atoms with Gasteiger partial charge in [-0.3, -0.25) is 0 Å². The molecule has 0 amide bonds. The average molecular weight is 334 g/mol. The fourth-order valence-corrected chi connectivity index (χ4v) is 2.61. The Bertz CT molecular complexity index is 689. The normalized spacial score (nSPS) is 14.0. The summed E-state index contributed by atoms with van der Waals surface area (Å²) in [7, 11) is 3.30. The largest absolute Gasteiger partial charge is 0.493 e. The standard InChI is InChI=1S/C16H22N4O4/c1-11(16-19-18-9-20(16)4-5-21-2)17-8-12-6-13(22-3)15-14(7-12)23-10-24-15/h6-7,9,11,17H,4-5,8,10H2,1-3H3. The van der Waals surface area contributed by atoms with Crippen LogP contribution in [0.4, 0.5) is 0 Å². The lowest BCUT2D eigenvalue weighted by Crippen LogP contribution is -2.22. The first-order valence-corrected chi connectivity index (χ1v) is 7.79. The van der Waals surface area contributed by atoms with Gasteiger partial charge in [0.25, 0.3) is 0 Å². The van der Waals surface area contributed by atoms with Crippen molar-refractivity contribution < 1.29 is 18.9 Å². The molecule has 8 heteroatoms. The number of benzene rings is 1. The smallest absolute Gasteiger partial charge is 0.231 e. The zero-order valence-corrected chi connectivity index (χ0v) is 14.1. The van der Waals surface area contributed by atoms with Crippen molar-refractivity contribution in [1.82, 2.24) is 20.1 Å². The van der Waals surface area contributed by atoms with Crippen molar-refractivity contribution in [2.24, 2.45) is 0 Å². The monoisotopic (exact) mass is 334 g/mol. The molecule has 130 valence electrons. The molecule has 2 aromatic rings. The van der Waals surface area contributed by atoms with E-state index in [0.717, 1.165) is 17.9 Å². The number of ether oxygens (including phenoxy) is 4. The maximum Gasteiger partial charge on any atom is 0.231 e. The summed E-state index contributed by atoms with van der Waals surface area (Å²) in [5, 5.41) is 11.6. The van der Waals surface area contributed by atoms with Crippen LogP contribution >= 0.6 is 0 Å². The van der Waals surface area contributed by atoms with Crippen molar-refractivity contribution in [2.45, 2.75) is 26.1 Å². The lowest BCUT2D eigenvalue weighted by atomic mass is 10.1. The van der Waals surface area contributed by atoms with Crippen LogP contribution in [0.1, 0.15) is 24.4 Å². The van der Waals surface area contributed by atoms with Gasteiger partial charge in [0.2, 0.25) is 12.5 Å². The van der Waals surface area contributed by atoms with Gasteiger partial charge in [-0.1, -0.05) is 0 Å². The number of fused-ring (bicyclic) bond motifs is 1. The maximum absolute atomic E-state index is 5.45. The fraction of sp³-hybridized carbons (Fsp3) is 0.500. The van der Waals surface area contributed by atoms with Gasteiger partial charge < -0.3 is 28.8 Å². The Morgan fingerprint density at radius 2 is 2.21 bits per heavy atom. The molecule has 1 aliphatic rings. The van der Waals surface area contributed by atoms with Gasteiger partial charge >= 0.3 is 0 Å². The number of aromatic nitrogens is 3. The lowest BCUT2D eigenvalue weighted by molar-refractivity contribution is 0.171. The quantitative estimate of drug-likeness (QED) is 0.784. The summed E-state index contributed by atoms with van der Waals surface area (Å²) in [6.45, 7) is 4.27. The first kappa shape index (κ1) is 16.5. The Hall–Kier alpha value is -2.32. The molecule has 2 heterocycles. The zero-order chi connectivity index (χ0) is 16.9. The van der Waals surface area contributed by atoms with E-state index >= 15 is 0 Å². The van der Waals surface area contributed by atoms with E-state index < -0.39 is 0 Å². The highest BCUT2D eigenvalue weighted by molar-refractivity contribution is 5.55. The van der Waals surface area contributed by atoms with Gasteiger partial charge in [-0.2, -0.15) is 0 Å². The van der Waals surface area contributed by atoms with E-state index in [-0.39, 0.29) is 12.8 Å². The summed E-state index contributed by atoms with van der Waals surface area (Å²) in [4.78, 5) is 0. The second kappa shape index (κ2) is 7.50. The number of nitrogens with one attached hydrogen (secondary N) is 1. The summed E-state index contributed by atoms with van der Waals surface area (Å²) in [6.07, 6.45) is 1.72. The van der Waals surface area contributed by atoms with E-state index in [4.69, 9.17) is 18.9 Å². The van der Waals surface area contributed by atoms with Crippen molar-refractivity contribution in [2.75, 3.05) is 27.6 Å². The number of methoxy groups -OCH3 is 2. The first-order chi connectivity index (χ1) is 11.7. The molecule has 0 saturated heterocycles. The van der Waals surface area contributed by atoms with Gasteiger partial charge in [0.15, 0.2) is 11.5 Å². The van der Waals surface area contributed by atoms with E-state index in [0.29, 0.717) is 30.4 Å². The van der Waals surface area contributed by atoms with Crippen LogP contribution in [0, 0.1) is 0 Å². The minimum absolute atomic E-state index is 0.0424. The highest BCUT2D eigenvalue weighted by Gasteiger charge is 2.20. The third-order valence-corrected chi connectivity index (χ3v) is 3.90. The molecular formula is C16H22N4O4. The van der Waals surface area contributed by atoms with E-state index in [1.54, 1.807) is 20.5 Å². The molecule has 0 aliphatic carbocycles. The molecular weight excluding hydrogens is 312 g/mol. The van der Waals surface area contributed by atoms with Crippen molar-refractivity contribution in [1.29, 1.82) is 0 Å². The minimum atomic E-state index is 0.0424. The molecule has 24 heavy (non-hydrogen) atoms. The van der Waals surface area contributed by atoms with Gasteiger partial charge in [0, 0.05) is 20.2 Å². The van der Waals surface area contributed by atoms with Gasteiger partial charge in [0.05, 0.1) is 19.8 Å². The van der Waals surface area contributed by atoms with Gasteiger partial charge in [-0.15, -0.1) is 10.2 Å². The number of nitrogens with zero attached hydrogens (tertiary/aromatic N) is 3. The van der Waals surface area contributed by atoms with Crippen LogP contribution in [0.3, 0.4) is 0 Å². The minimum Gasteiger partial charge on any atom is -0.493 e. The van der Waals surface area contributed by atoms with Crippen LogP contribution in [-0.2, 0) is 17.8 Å². The molecule has 1 atom stereocenters. The van der Waals surface area contributed by atoms with Crippen LogP contribution in [0.2, 0.25) is 0 Å². The van der Waals surface area contributed by atoms with E-state index in [2.05, 4.69) is 22.4 Å². The number of rotatable bonds is 8. The summed E-state index contributed by atoms with van der Waals surface area (Å²) in [6, 6.07) is 3.95. The summed E-state index contributed by atoms with van der Waals surface area (Å²) < 4.78 is 23.3. The summed E-state index contributed by atoms with van der Waals surface area (Å²) in [5.74, 6) is 2.92. The summed E-state index contributed by atoms with van der Waals surface area (Å²) in [5.41, 5.74) is 1.05. The van der Waals surface area contributed by atoms with Crippen LogP contribution < -0.4 is 19.5 Å². The molecule has 1 unspecified atom stereocenters. The van der Waals surface area contributed by atoms with Crippen LogP contribution in [0.25, 0.3) is 0 Å². The number of hydrogen-bond donors (Lipinski definition) is 1. The van der Waals surface area contributed by atoms with E-state index in [1.807, 2.05) is 16.7 Å². The Balaban J connectivity index is 1.66. The molecule has 1 aromatic heterocycles. The SMILES string of the molecule is COCCn1cnnc1C(C)NCc1cc(OC)c2c(c1)OCO2. The Morgan fingerprint density at radius 1 is 1.33 bits per heavy atom. The highest BCUT2D eigenvalue weighted by atomic mass is 16.7. The predicted octanol–water partition coefficient (Wildman–Crippen LogP) is 1.51. The van der Waals surface area contributed by atoms with Crippen molar-refractivity contribution in [3.63, 3.8) is 0 Å². The second-order valence-corrected chi connectivity index (χ2v) is 5.51. The van der Waals surface area contributed by atoms with Gasteiger partial charge in [0.1, 0.15) is 12.2 Å². The molecule has 0 fully saturated rings. The lowest BCUT2D eigenvalue weighted by Gasteiger charge is -2.15. The Kier molecular flexibility index (Phi) is 5.17. The van der Waals surface area contributed by atoms with Crippen LogP contribution in [0.15, 0.2) is 18.5 Å². The molecule has 3 rings (SSSR count). The van der Waals surface area contributed by atoms with Gasteiger partial charge in [-0.25, -0.2) is 0 Å². The van der Waals surface area contributed by atoms with Crippen molar-refractivity contribution >= 4 is 0 Å². The molecule has 0 bridgehead atoms. The molecule has 1 aromatic carbocycles. The topological polar surface area (TPSA) is 79.7 Å². The highest BCUT2D eigenvalue weighted by Crippen LogP contribution is 2.41. The predicted molar refractivity (Wildman–Crippen MR) is 86.3 cm³/mol. The molecule has 1 aliphatic heterocycles. The average Bonchev–Trinajstić information content (AvgIpc) is 3.25. The summed E-state index contributed by atoms with van der Waals surface area (Å²) >= 11 is 0. The fourth-order valence-electron chi connectivity index (χ4n) is 2.61. The van der Waals surface area contributed by atoms with Crippen molar-refractivity contribution in [3.8, 4) is 17.2 Å². The zero-order valence-electron chi connectivity index (χ0n) is 14.1. The molecule has 8 nitrogen and oxygen atoms in total. The van der Waals surface area contributed by atoms with Crippen LogP contribution in [0.5, 0.6) is 17.2 Å². The molecule has 0 radical (unpaired) electrons. The van der Waals surface area contributed by atoms with Gasteiger partial charge in [-0.05, 0) is 24.6 Å². The maximum atomic E-state index is 5.45. The van der Waals surface area contributed by atoms with E-state index in [9.17, 15) is 0 Å². The molecule has 0 spiro atoms. The third-order valence-electron chi connectivity index (χ3n) is 3.90. The van der Waals surface area contributed by atoms with Crippen LogP contribution in [-0.4, -0.2) is 42.4 Å². The Labute approximate surface area is 140 Å². The second-order valence-electron chi connectivity index (χ2n) is 5.51. The Morgan fingerprint density at radius 3 is 3.00 bits per heavy atom. The van der Waals surface area contributed by atoms with Crippen molar-refractivity contribution in [3.05, 3.63) is 29.8 Å². The van der Waals surface area contributed by atoms with E-state index in [1.165, 1.54) is 0 Å².